The van der Waals surface area contributed by atoms with Crippen molar-refractivity contribution in [2.24, 2.45) is 5.92 Å². The minimum atomic E-state index is -0.566. The summed E-state index contributed by atoms with van der Waals surface area (Å²) in [5.74, 6) is 0.670. The van der Waals surface area contributed by atoms with Crippen molar-refractivity contribution in [2.45, 2.75) is 64.4 Å². The van der Waals surface area contributed by atoms with E-state index in [0.29, 0.717) is 5.92 Å². The maximum atomic E-state index is 10.9. The lowest BCUT2D eigenvalue weighted by molar-refractivity contribution is 0.0206. The lowest BCUT2D eigenvalue weighted by atomic mass is 9.85. The average Bonchev–Trinajstić information content (AvgIpc) is 2.55. The Kier molecular flexibility index (Phi) is 4.45. The van der Waals surface area contributed by atoms with E-state index in [9.17, 15) is 5.11 Å². The van der Waals surface area contributed by atoms with Crippen LogP contribution in [0.25, 0.3) is 0 Å². The predicted octanol–water partition coefficient (Wildman–Crippen LogP) is 4.43. The number of hydrogen-bond donors (Lipinski definition) is 1. The van der Waals surface area contributed by atoms with E-state index in [-0.39, 0.29) is 0 Å². The molecule has 100 valence electrons. The predicted molar refractivity (Wildman–Crippen MR) is 76.6 cm³/mol. The third kappa shape index (κ3) is 3.35. The Hall–Kier alpha value is -0.820. The first-order valence-electron chi connectivity index (χ1n) is 7.42. The zero-order chi connectivity index (χ0) is 13.0. The summed E-state index contributed by atoms with van der Waals surface area (Å²) in [4.78, 5) is 0. The van der Waals surface area contributed by atoms with Crippen molar-refractivity contribution < 1.29 is 5.11 Å². The first kappa shape index (κ1) is 13.6. The van der Waals surface area contributed by atoms with E-state index in [1.54, 1.807) is 0 Å². The van der Waals surface area contributed by atoms with Crippen molar-refractivity contribution >= 4 is 0 Å². The minimum absolute atomic E-state index is 0.566. The van der Waals surface area contributed by atoms with Crippen molar-refractivity contribution in [1.29, 1.82) is 0 Å². The molecule has 1 heteroatoms. The van der Waals surface area contributed by atoms with Crippen LogP contribution in [0.1, 0.15) is 63.5 Å². The molecular formula is C17H26O. The van der Waals surface area contributed by atoms with E-state index < -0.39 is 5.60 Å². The quantitative estimate of drug-likeness (QED) is 0.782. The molecule has 1 aromatic carbocycles. The van der Waals surface area contributed by atoms with Gasteiger partial charge in [0.1, 0.15) is 0 Å². The van der Waals surface area contributed by atoms with Gasteiger partial charge in [0, 0.05) is 0 Å². The molecule has 1 saturated carbocycles. The molecule has 1 fully saturated rings. The summed E-state index contributed by atoms with van der Waals surface area (Å²) in [6.07, 6.45) is 7.82. The Morgan fingerprint density at radius 1 is 1.11 bits per heavy atom. The monoisotopic (exact) mass is 246 g/mol. The summed E-state index contributed by atoms with van der Waals surface area (Å²) in [6, 6.07) is 8.62. The normalized spacial score (nSPS) is 19.8. The SMILES string of the molecule is CC(C)Cc1cccc(C2(O)CCCCCC2)c1. The molecule has 0 atom stereocenters. The van der Waals surface area contributed by atoms with E-state index in [1.165, 1.54) is 18.4 Å². The van der Waals surface area contributed by atoms with Gasteiger partial charge in [-0.3, -0.25) is 0 Å². The van der Waals surface area contributed by atoms with Gasteiger partial charge in [-0.2, -0.15) is 0 Å². The highest BCUT2D eigenvalue weighted by Crippen LogP contribution is 2.36. The van der Waals surface area contributed by atoms with Crippen molar-refractivity contribution in [2.75, 3.05) is 0 Å². The van der Waals surface area contributed by atoms with Crippen molar-refractivity contribution in [3.8, 4) is 0 Å². The zero-order valence-electron chi connectivity index (χ0n) is 11.8. The van der Waals surface area contributed by atoms with E-state index in [4.69, 9.17) is 0 Å². The van der Waals surface area contributed by atoms with Gasteiger partial charge >= 0.3 is 0 Å². The van der Waals surface area contributed by atoms with Crippen LogP contribution in [0.5, 0.6) is 0 Å². The highest BCUT2D eigenvalue weighted by atomic mass is 16.3. The molecule has 1 N–H and O–H groups in total. The summed E-state index contributed by atoms with van der Waals surface area (Å²) in [5, 5.41) is 10.9. The van der Waals surface area contributed by atoms with E-state index in [0.717, 1.165) is 37.7 Å². The Bertz CT molecular complexity index is 373. The fourth-order valence-corrected chi connectivity index (χ4v) is 3.06. The maximum absolute atomic E-state index is 10.9. The van der Waals surface area contributed by atoms with Crippen molar-refractivity contribution in [1.82, 2.24) is 0 Å². The van der Waals surface area contributed by atoms with Crippen LogP contribution >= 0.6 is 0 Å². The van der Waals surface area contributed by atoms with Gasteiger partial charge in [-0.05, 0) is 36.3 Å². The number of aliphatic hydroxyl groups is 1. The smallest absolute Gasteiger partial charge is 0.0896 e. The molecular weight excluding hydrogens is 220 g/mol. The lowest BCUT2D eigenvalue weighted by Crippen LogP contribution is -2.24. The third-order valence-electron chi connectivity index (χ3n) is 4.04. The maximum Gasteiger partial charge on any atom is 0.0896 e. The number of rotatable bonds is 3. The molecule has 2 rings (SSSR count). The van der Waals surface area contributed by atoms with Crippen molar-refractivity contribution in [3.05, 3.63) is 35.4 Å². The molecule has 0 unspecified atom stereocenters. The van der Waals surface area contributed by atoms with Gasteiger partial charge in [0.05, 0.1) is 5.60 Å². The first-order valence-corrected chi connectivity index (χ1v) is 7.42. The van der Waals surface area contributed by atoms with Gasteiger partial charge in [-0.15, -0.1) is 0 Å². The molecule has 0 heterocycles. The van der Waals surface area contributed by atoms with Gasteiger partial charge in [0.25, 0.3) is 0 Å². The average molecular weight is 246 g/mol. The Labute approximate surface area is 111 Å². The highest BCUT2D eigenvalue weighted by molar-refractivity contribution is 5.28. The van der Waals surface area contributed by atoms with E-state index in [2.05, 4.69) is 38.1 Å². The molecule has 1 aliphatic rings. The number of benzene rings is 1. The molecule has 18 heavy (non-hydrogen) atoms. The fraction of sp³-hybridized carbons (Fsp3) is 0.647. The van der Waals surface area contributed by atoms with Gasteiger partial charge in [-0.25, -0.2) is 0 Å². The zero-order valence-corrected chi connectivity index (χ0v) is 11.8. The standard InChI is InChI=1S/C17H26O/c1-14(2)12-15-8-7-9-16(13-15)17(18)10-5-3-4-6-11-17/h7-9,13-14,18H,3-6,10-12H2,1-2H3. The van der Waals surface area contributed by atoms with Gasteiger partial charge in [0.15, 0.2) is 0 Å². The van der Waals surface area contributed by atoms with E-state index in [1.807, 2.05) is 0 Å². The van der Waals surface area contributed by atoms with Crippen LogP contribution in [-0.4, -0.2) is 5.11 Å². The third-order valence-corrected chi connectivity index (χ3v) is 4.04. The highest BCUT2D eigenvalue weighted by Gasteiger charge is 2.29. The van der Waals surface area contributed by atoms with Gasteiger partial charge in [-0.1, -0.05) is 63.8 Å². The van der Waals surface area contributed by atoms with Gasteiger partial charge in [0.2, 0.25) is 0 Å². The van der Waals surface area contributed by atoms with Crippen LogP contribution in [-0.2, 0) is 12.0 Å². The molecule has 0 bridgehead atoms. The lowest BCUT2D eigenvalue weighted by Gasteiger charge is -2.27. The Balaban J connectivity index is 2.20. The summed E-state index contributed by atoms with van der Waals surface area (Å²) < 4.78 is 0. The molecule has 1 aliphatic carbocycles. The molecule has 0 amide bonds. The number of hydrogen-bond acceptors (Lipinski definition) is 1. The second-order valence-corrected chi connectivity index (χ2v) is 6.24. The molecule has 0 aromatic heterocycles. The van der Waals surface area contributed by atoms with Crippen LogP contribution in [0.4, 0.5) is 0 Å². The van der Waals surface area contributed by atoms with Crippen molar-refractivity contribution in [3.63, 3.8) is 0 Å². The largest absolute Gasteiger partial charge is 0.385 e. The summed E-state index contributed by atoms with van der Waals surface area (Å²) in [7, 11) is 0. The van der Waals surface area contributed by atoms with Crippen LogP contribution in [0, 0.1) is 5.92 Å². The molecule has 0 aliphatic heterocycles. The van der Waals surface area contributed by atoms with Crippen LogP contribution in [0.15, 0.2) is 24.3 Å². The second kappa shape index (κ2) is 5.88. The molecule has 0 radical (unpaired) electrons. The Morgan fingerprint density at radius 3 is 2.39 bits per heavy atom. The van der Waals surface area contributed by atoms with Crippen LogP contribution in [0.3, 0.4) is 0 Å². The summed E-state index contributed by atoms with van der Waals surface area (Å²) in [5.41, 5.74) is 1.94. The topological polar surface area (TPSA) is 20.2 Å². The molecule has 0 spiro atoms. The second-order valence-electron chi connectivity index (χ2n) is 6.24. The minimum Gasteiger partial charge on any atom is -0.385 e. The molecule has 0 saturated heterocycles. The van der Waals surface area contributed by atoms with E-state index >= 15 is 0 Å². The Morgan fingerprint density at radius 2 is 1.78 bits per heavy atom. The molecule has 1 aromatic rings. The molecule has 1 nitrogen and oxygen atoms in total. The fourth-order valence-electron chi connectivity index (χ4n) is 3.06. The van der Waals surface area contributed by atoms with Crippen LogP contribution < -0.4 is 0 Å². The summed E-state index contributed by atoms with van der Waals surface area (Å²) >= 11 is 0. The van der Waals surface area contributed by atoms with Crippen LogP contribution in [0.2, 0.25) is 0 Å². The van der Waals surface area contributed by atoms with Gasteiger partial charge < -0.3 is 5.11 Å². The first-order chi connectivity index (χ1) is 8.60. The summed E-state index contributed by atoms with van der Waals surface area (Å²) in [6.45, 7) is 4.49.